The minimum absolute atomic E-state index is 0.0218. The maximum absolute atomic E-state index is 13.1. The fourth-order valence-corrected chi connectivity index (χ4v) is 3.96. The van der Waals surface area contributed by atoms with Gasteiger partial charge in [-0.3, -0.25) is 10.1 Å². The van der Waals surface area contributed by atoms with E-state index >= 15 is 0 Å². The van der Waals surface area contributed by atoms with Gasteiger partial charge in [-0.25, -0.2) is 4.98 Å². The Morgan fingerprint density at radius 1 is 1.30 bits per heavy atom. The van der Waals surface area contributed by atoms with Crippen LogP contribution in [0, 0.1) is 0 Å². The van der Waals surface area contributed by atoms with Crippen LogP contribution in [0.5, 0.6) is 0 Å². The van der Waals surface area contributed by atoms with E-state index in [1.165, 1.54) is 35.7 Å². The van der Waals surface area contributed by atoms with Crippen molar-refractivity contribution in [1.82, 2.24) is 4.98 Å². The summed E-state index contributed by atoms with van der Waals surface area (Å²) in [6.07, 6.45) is 0.0638. The van der Waals surface area contributed by atoms with Gasteiger partial charge in [-0.1, -0.05) is 17.7 Å². The second kappa shape index (κ2) is 8.24. The molecule has 27 heavy (non-hydrogen) atoms. The summed E-state index contributed by atoms with van der Waals surface area (Å²) >= 11 is 8.46. The first kappa shape index (κ1) is 19.6. The first-order valence-corrected chi connectivity index (χ1v) is 9.71. The van der Waals surface area contributed by atoms with E-state index in [0.29, 0.717) is 10.0 Å². The number of thiophene rings is 1. The molecule has 0 saturated carbocycles. The van der Waals surface area contributed by atoms with E-state index in [1.807, 2.05) is 17.5 Å². The third kappa shape index (κ3) is 5.41. The van der Waals surface area contributed by atoms with Crippen molar-refractivity contribution in [2.45, 2.75) is 12.6 Å². The standard InChI is InChI=1S/C18H12ClF3N2OS2/c19-12-3-5-15(18(20,21)22)11(8-12)9-14-10-23-17(27-14)24-16(25)6-4-13-2-1-7-26-13/h1-8,10H,9H2,(H,23,24,25). The van der Waals surface area contributed by atoms with Gasteiger partial charge in [0.25, 0.3) is 0 Å². The average molecular weight is 429 g/mol. The number of alkyl halides is 3. The van der Waals surface area contributed by atoms with Crippen LogP contribution in [0.2, 0.25) is 5.02 Å². The fourth-order valence-electron chi connectivity index (χ4n) is 2.31. The van der Waals surface area contributed by atoms with Gasteiger partial charge in [0.15, 0.2) is 5.13 Å². The molecule has 2 aromatic heterocycles. The molecule has 0 aliphatic heterocycles. The molecule has 9 heteroatoms. The topological polar surface area (TPSA) is 42.0 Å². The van der Waals surface area contributed by atoms with Gasteiger partial charge in [0.1, 0.15) is 0 Å². The summed E-state index contributed by atoms with van der Waals surface area (Å²) in [5.74, 6) is -0.358. The normalized spacial score (nSPS) is 11.9. The summed E-state index contributed by atoms with van der Waals surface area (Å²) in [7, 11) is 0. The van der Waals surface area contributed by atoms with Crippen LogP contribution in [0.4, 0.5) is 18.3 Å². The molecule has 0 saturated heterocycles. The van der Waals surface area contributed by atoms with E-state index in [0.717, 1.165) is 22.3 Å². The number of amides is 1. The number of rotatable bonds is 5. The summed E-state index contributed by atoms with van der Waals surface area (Å²) in [6.45, 7) is 0. The van der Waals surface area contributed by atoms with Gasteiger partial charge in [-0.2, -0.15) is 13.2 Å². The van der Waals surface area contributed by atoms with Gasteiger partial charge in [-0.05, 0) is 41.3 Å². The third-order valence-electron chi connectivity index (χ3n) is 3.46. The Labute approximate surface area is 166 Å². The number of carbonyl (C=O) groups is 1. The molecule has 0 unspecified atom stereocenters. The number of benzene rings is 1. The van der Waals surface area contributed by atoms with Crippen LogP contribution in [-0.2, 0) is 17.4 Å². The van der Waals surface area contributed by atoms with Crippen LogP contribution in [0.25, 0.3) is 6.08 Å². The van der Waals surface area contributed by atoms with Gasteiger partial charge in [0, 0.05) is 33.5 Å². The number of nitrogens with one attached hydrogen (secondary N) is 1. The van der Waals surface area contributed by atoms with E-state index < -0.39 is 11.7 Å². The van der Waals surface area contributed by atoms with Crippen LogP contribution >= 0.6 is 34.3 Å². The second-order valence-corrected chi connectivity index (χ2v) is 7.98. The largest absolute Gasteiger partial charge is 0.416 e. The molecule has 140 valence electrons. The predicted molar refractivity (Wildman–Crippen MR) is 103 cm³/mol. The molecule has 0 atom stereocenters. The monoisotopic (exact) mass is 428 g/mol. The smallest absolute Gasteiger partial charge is 0.298 e. The highest BCUT2D eigenvalue weighted by atomic mass is 35.5. The Kier molecular flexibility index (Phi) is 5.98. The molecule has 1 aromatic carbocycles. The molecule has 0 fully saturated rings. The zero-order chi connectivity index (χ0) is 19.4. The van der Waals surface area contributed by atoms with Crippen LogP contribution < -0.4 is 5.32 Å². The number of nitrogens with zero attached hydrogens (tertiary/aromatic N) is 1. The molecule has 0 aliphatic rings. The van der Waals surface area contributed by atoms with Crippen LogP contribution in [-0.4, -0.2) is 10.9 Å². The van der Waals surface area contributed by atoms with E-state index in [2.05, 4.69) is 10.3 Å². The van der Waals surface area contributed by atoms with Crippen molar-refractivity contribution in [3.8, 4) is 0 Å². The number of hydrogen-bond acceptors (Lipinski definition) is 4. The van der Waals surface area contributed by atoms with Gasteiger partial charge >= 0.3 is 6.18 Å². The van der Waals surface area contributed by atoms with Crippen LogP contribution in [0.3, 0.4) is 0 Å². The molecule has 0 aliphatic carbocycles. The Morgan fingerprint density at radius 2 is 2.11 bits per heavy atom. The van der Waals surface area contributed by atoms with Crippen LogP contribution in [0.1, 0.15) is 20.9 Å². The molecule has 0 spiro atoms. The van der Waals surface area contributed by atoms with Crippen molar-refractivity contribution in [1.29, 1.82) is 0 Å². The van der Waals surface area contributed by atoms with Crippen molar-refractivity contribution >= 4 is 51.4 Å². The van der Waals surface area contributed by atoms with Crippen molar-refractivity contribution in [2.75, 3.05) is 5.32 Å². The Bertz CT molecular complexity index is 965. The number of carbonyl (C=O) groups excluding carboxylic acids is 1. The molecule has 0 radical (unpaired) electrons. The molecule has 2 heterocycles. The van der Waals surface area contributed by atoms with Crippen molar-refractivity contribution < 1.29 is 18.0 Å². The second-order valence-electron chi connectivity index (χ2n) is 5.45. The highest BCUT2D eigenvalue weighted by Crippen LogP contribution is 2.35. The lowest BCUT2D eigenvalue weighted by Gasteiger charge is -2.12. The van der Waals surface area contributed by atoms with E-state index in [9.17, 15) is 18.0 Å². The lowest BCUT2D eigenvalue weighted by atomic mass is 10.0. The first-order chi connectivity index (χ1) is 12.8. The lowest BCUT2D eigenvalue weighted by molar-refractivity contribution is -0.138. The fraction of sp³-hybridized carbons (Fsp3) is 0.111. The summed E-state index contributed by atoms with van der Waals surface area (Å²) in [4.78, 5) is 17.5. The molecule has 0 bridgehead atoms. The quantitative estimate of drug-likeness (QED) is 0.497. The number of hydrogen-bond donors (Lipinski definition) is 1. The number of aromatic nitrogens is 1. The average Bonchev–Trinajstić information content (AvgIpc) is 3.24. The highest BCUT2D eigenvalue weighted by molar-refractivity contribution is 7.15. The number of halogens is 4. The molecular formula is C18H12ClF3N2OS2. The Morgan fingerprint density at radius 3 is 2.81 bits per heavy atom. The third-order valence-corrected chi connectivity index (χ3v) is 5.45. The minimum atomic E-state index is -4.46. The first-order valence-electron chi connectivity index (χ1n) is 7.64. The van der Waals surface area contributed by atoms with Crippen molar-refractivity contribution in [3.05, 3.63) is 73.9 Å². The number of anilines is 1. The van der Waals surface area contributed by atoms with Gasteiger partial charge < -0.3 is 0 Å². The molecule has 3 nitrogen and oxygen atoms in total. The van der Waals surface area contributed by atoms with Gasteiger partial charge in [0.05, 0.1) is 5.56 Å². The highest BCUT2D eigenvalue weighted by Gasteiger charge is 2.33. The molecule has 3 aromatic rings. The van der Waals surface area contributed by atoms with E-state index in [-0.39, 0.29) is 22.9 Å². The summed E-state index contributed by atoms with van der Waals surface area (Å²) < 4.78 is 39.4. The predicted octanol–water partition coefficient (Wildman–Crippen LogP) is 6.12. The van der Waals surface area contributed by atoms with Gasteiger partial charge in [-0.15, -0.1) is 22.7 Å². The SMILES string of the molecule is O=C(C=Cc1cccs1)Nc1ncc(Cc2cc(Cl)ccc2C(F)(F)F)s1. The summed E-state index contributed by atoms with van der Waals surface area (Å²) in [5, 5.41) is 5.06. The van der Waals surface area contributed by atoms with E-state index in [4.69, 9.17) is 11.6 Å². The maximum atomic E-state index is 13.1. The van der Waals surface area contributed by atoms with Gasteiger partial charge in [0.2, 0.25) is 5.91 Å². The van der Waals surface area contributed by atoms with Crippen molar-refractivity contribution in [2.24, 2.45) is 0 Å². The maximum Gasteiger partial charge on any atom is 0.416 e. The number of thiazole rings is 1. The van der Waals surface area contributed by atoms with Crippen LogP contribution in [0.15, 0.2) is 48.0 Å². The zero-order valence-corrected chi connectivity index (χ0v) is 16.0. The molecule has 3 rings (SSSR count). The van der Waals surface area contributed by atoms with E-state index in [1.54, 1.807) is 6.08 Å². The molecule has 1 N–H and O–H groups in total. The summed E-state index contributed by atoms with van der Waals surface area (Å²) in [6, 6.07) is 7.23. The lowest BCUT2D eigenvalue weighted by Crippen LogP contribution is -2.09. The molecule has 1 amide bonds. The summed E-state index contributed by atoms with van der Waals surface area (Å²) in [5.41, 5.74) is -0.668. The minimum Gasteiger partial charge on any atom is -0.298 e. The Hall–Kier alpha value is -2.16. The van der Waals surface area contributed by atoms with Crippen molar-refractivity contribution in [3.63, 3.8) is 0 Å². The Balaban J connectivity index is 1.70. The zero-order valence-electron chi connectivity index (χ0n) is 13.6. The molecular weight excluding hydrogens is 417 g/mol.